The molecule has 0 saturated heterocycles. The number of rotatable bonds is 2. The van der Waals surface area contributed by atoms with Gasteiger partial charge < -0.3 is 0 Å². The van der Waals surface area contributed by atoms with Crippen LogP contribution in [0.3, 0.4) is 0 Å². The molecule has 0 heterocycles. The van der Waals surface area contributed by atoms with Crippen molar-refractivity contribution in [1.29, 1.82) is 5.26 Å². The molecule has 1 saturated carbocycles. The number of nitrogens with zero attached hydrogens (tertiary/aromatic N) is 1. The monoisotopic (exact) mass is 263 g/mol. The maximum atomic E-state index is 9.18. The molecule has 1 aromatic rings. The van der Waals surface area contributed by atoms with Crippen LogP contribution in [-0.4, -0.2) is 0 Å². The van der Waals surface area contributed by atoms with Crippen molar-refractivity contribution in [2.45, 2.75) is 32.6 Å². The third-order valence-electron chi connectivity index (χ3n) is 3.05. The molecule has 1 nitrogen and oxygen atoms in total. The predicted octanol–water partition coefficient (Wildman–Crippen LogP) is 4.08. The molecule has 1 atom stereocenters. The van der Waals surface area contributed by atoms with Crippen LogP contribution in [0.2, 0.25) is 0 Å². The summed E-state index contributed by atoms with van der Waals surface area (Å²) in [7, 11) is 0. The van der Waals surface area contributed by atoms with Crippen LogP contribution >= 0.6 is 15.9 Å². The molecule has 0 aromatic heterocycles. The average Bonchev–Trinajstić information content (AvgIpc) is 2.99. The standard InChI is InChI=1S/C13H14BrN/c1-8-5-11(6-9(2)13(8)14)12(7-15)10-3-4-10/h5-6,10,12H,3-4H2,1-2H3. The molecule has 15 heavy (non-hydrogen) atoms. The van der Waals surface area contributed by atoms with Gasteiger partial charge in [0.05, 0.1) is 12.0 Å². The number of hydrogen-bond donors (Lipinski definition) is 0. The SMILES string of the molecule is Cc1cc(C(C#N)C2CC2)cc(C)c1Br. The second-order valence-electron chi connectivity index (χ2n) is 4.41. The Labute approximate surface area is 99.2 Å². The molecule has 1 fully saturated rings. The van der Waals surface area contributed by atoms with E-state index >= 15 is 0 Å². The van der Waals surface area contributed by atoms with Gasteiger partial charge in [-0.25, -0.2) is 0 Å². The molecule has 1 aliphatic rings. The van der Waals surface area contributed by atoms with E-state index in [1.54, 1.807) is 0 Å². The van der Waals surface area contributed by atoms with Crippen LogP contribution in [0.15, 0.2) is 16.6 Å². The molecule has 2 heteroatoms. The third-order valence-corrected chi connectivity index (χ3v) is 4.30. The zero-order chi connectivity index (χ0) is 11.0. The lowest BCUT2D eigenvalue weighted by Crippen LogP contribution is -1.99. The van der Waals surface area contributed by atoms with Gasteiger partial charge in [-0.3, -0.25) is 0 Å². The minimum atomic E-state index is 0.107. The van der Waals surface area contributed by atoms with E-state index in [9.17, 15) is 5.26 Å². The molecule has 78 valence electrons. The second kappa shape index (κ2) is 3.98. The van der Waals surface area contributed by atoms with Crippen LogP contribution in [0.25, 0.3) is 0 Å². The first-order chi connectivity index (χ1) is 7.13. The summed E-state index contributed by atoms with van der Waals surface area (Å²) in [5, 5.41) is 9.18. The van der Waals surface area contributed by atoms with Gasteiger partial charge in [0.25, 0.3) is 0 Å². The van der Waals surface area contributed by atoms with Crippen molar-refractivity contribution in [2.75, 3.05) is 0 Å². The maximum Gasteiger partial charge on any atom is 0.0741 e. The summed E-state index contributed by atoms with van der Waals surface area (Å²) in [5.41, 5.74) is 3.65. The van der Waals surface area contributed by atoms with Crippen LogP contribution < -0.4 is 0 Å². The largest absolute Gasteiger partial charge is 0.198 e. The average molecular weight is 264 g/mol. The van der Waals surface area contributed by atoms with Gasteiger partial charge in [0.2, 0.25) is 0 Å². The summed E-state index contributed by atoms with van der Waals surface area (Å²) in [6.45, 7) is 4.17. The molecular formula is C13H14BrN. The van der Waals surface area contributed by atoms with Crippen molar-refractivity contribution in [1.82, 2.24) is 0 Å². The summed E-state index contributed by atoms with van der Waals surface area (Å²) in [6, 6.07) is 6.72. The van der Waals surface area contributed by atoms with E-state index in [1.807, 2.05) is 0 Å². The van der Waals surface area contributed by atoms with E-state index in [1.165, 1.54) is 34.0 Å². The maximum absolute atomic E-state index is 9.18. The van der Waals surface area contributed by atoms with Crippen molar-refractivity contribution in [3.8, 4) is 6.07 Å². The predicted molar refractivity (Wildman–Crippen MR) is 64.7 cm³/mol. The van der Waals surface area contributed by atoms with Crippen molar-refractivity contribution in [2.24, 2.45) is 5.92 Å². The van der Waals surface area contributed by atoms with Crippen LogP contribution in [0.5, 0.6) is 0 Å². The van der Waals surface area contributed by atoms with E-state index in [2.05, 4.69) is 48.0 Å². The van der Waals surface area contributed by atoms with E-state index in [-0.39, 0.29) is 5.92 Å². The fourth-order valence-corrected chi connectivity index (χ4v) is 2.27. The van der Waals surface area contributed by atoms with Gasteiger partial charge in [-0.2, -0.15) is 5.26 Å². The lowest BCUT2D eigenvalue weighted by atomic mass is 9.93. The fourth-order valence-electron chi connectivity index (χ4n) is 2.04. The molecule has 1 aliphatic carbocycles. The highest BCUT2D eigenvalue weighted by molar-refractivity contribution is 9.10. The Morgan fingerprint density at radius 2 is 1.87 bits per heavy atom. The zero-order valence-electron chi connectivity index (χ0n) is 9.05. The van der Waals surface area contributed by atoms with Gasteiger partial charge in [0.15, 0.2) is 0 Å². The normalized spacial score (nSPS) is 17.2. The summed E-state index contributed by atoms with van der Waals surface area (Å²) < 4.78 is 1.17. The molecule has 1 aromatic carbocycles. The van der Waals surface area contributed by atoms with E-state index in [0.717, 1.165) is 0 Å². The minimum absolute atomic E-state index is 0.107. The Morgan fingerprint density at radius 1 is 1.33 bits per heavy atom. The first-order valence-corrected chi connectivity index (χ1v) is 6.09. The van der Waals surface area contributed by atoms with Gasteiger partial charge in [0.1, 0.15) is 0 Å². The molecule has 2 rings (SSSR count). The lowest BCUT2D eigenvalue weighted by Gasteiger charge is -2.12. The summed E-state index contributed by atoms with van der Waals surface area (Å²) in [4.78, 5) is 0. The first-order valence-electron chi connectivity index (χ1n) is 5.29. The van der Waals surface area contributed by atoms with Gasteiger partial charge in [-0.1, -0.05) is 28.1 Å². The smallest absolute Gasteiger partial charge is 0.0741 e. The summed E-state index contributed by atoms with van der Waals surface area (Å²) in [6.07, 6.45) is 2.43. The van der Waals surface area contributed by atoms with E-state index in [0.29, 0.717) is 5.92 Å². The van der Waals surface area contributed by atoms with Gasteiger partial charge in [-0.05, 0) is 49.3 Å². The summed E-state index contributed by atoms with van der Waals surface area (Å²) in [5.74, 6) is 0.713. The topological polar surface area (TPSA) is 23.8 Å². The molecule has 0 bridgehead atoms. The molecular weight excluding hydrogens is 250 g/mol. The van der Waals surface area contributed by atoms with Crippen molar-refractivity contribution in [3.05, 3.63) is 33.3 Å². The number of aryl methyl sites for hydroxylation is 2. The third kappa shape index (κ3) is 2.08. The molecule has 1 unspecified atom stereocenters. The van der Waals surface area contributed by atoms with Crippen molar-refractivity contribution in [3.63, 3.8) is 0 Å². The number of benzene rings is 1. The Bertz CT molecular complexity index is 404. The number of halogens is 1. The molecule has 0 radical (unpaired) electrons. The molecule has 0 aliphatic heterocycles. The fraction of sp³-hybridized carbons (Fsp3) is 0.462. The Kier molecular flexibility index (Phi) is 2.84. The molecule has 0 amide bonds. The highest BCUT2D eigenvalue weighted by Gasteiger charge is 2.32. The van der Waals surface area contributed by atoms with Crippen LogP contribution in [-0.2, 0) is 0 Å². The van der Waals surface area contributed by atoms with Crippen molar-refractivity contribution < 1.29 is 0 Å². The van der Waals surface area contributed by atoms with Crippen molar-refractivity contribution >= 4 is 15.9 Å². The highest BCUT2D eigenvalue weighted by Crippen LogP contribution is 2.43. The van der Waals surface area contributed by atoms with Gasteiger partial charge in [-0.15, -0.1) is 0 Å². The van der Waals surface area contributed by atoms with E-state index in [4.69, 9.17) is 0 Å². The number of hydrogen-bond acceptors (Lipinski definition) is 1. The lowest BCUT2D eigenvalue weighted by molar-refractivity contribution is 0.738. The number of nitriles is 1. The minimum Gasteiger partial charge on any atom is -0.198 e. The van der Waals surface area contributed by atoms with Crippen LogP contribution in [0, 0.1) is 31.1 Å². The van der Waals surface area contributed by atoms with E-state index < -0.39 is 0 Å². The summed E-state index contributed by atoms with van der Waals surface area (Å²) >= 11 is 3.55. The van der Waals surface area contributed by atoms with Gasteiger partial charge >= 0.3 is 0 Å². The Balaban J connectivity index is 2.40. The second-order valence-corrected chi connectivity index (χ2v) is 5.21. The van der Waals surface area contributed by atoms with Gasteiger partial charge in [0, 0.05) is 4.47 Å². The first kappa shape index (κ1) is 10.7. The zero-order valence-corrected chi connectivity index (χ0v) is 10.6. The van der Waals surface area contributed by atoms with Crippen LogP contribution in [0.4, 0.5) is 0 Å². The molecule has 0 N–H and O–H groups in total. The quantitative estimate of drug-likeness (QED) is 0.789. The Hall–Kier alpha value is -0.810. The Morgan fingerprint density at radius 3 is 2.27 bits per heavy atom. The molecule has 0 spiro atoms. The highest BCUT2D eigenvalue weighted by atomic mass is 79.9. The van der Waals surface area contributed by atoms with Crippen LogP contribution in [0.1, 0.15) is 35.4 Å².